The lowest BCUT2D eigenvalue weighted by Crippen LogP contribution is -2.27. The van der Waals surface area contributed by atoms with Gasteiger partial charge in [-0.1, -0.05) is 11.6 Å². The summed E-state index contributed by atoms with van der Waals surface area (Å²) in [6.45, 7) is 2.14. The number of carbonyl (C=O) groups excluding carboxylic acids is 3. The van der Waals surface area contributed by atoms with Gasteiger partial charge < -0.3 is 21.1 Å². The van der Waals surface area contributed by atoms with Crippen molar-refractivity contribution >= 4 is 35.0 Å². The molecule has 0 saturated carbocycles. The Hall–Kier alpha value is -3.85. The summed E-state index contributed by atoms with van der Waals surface area (Å²) < 4.78 is 6.54. The van der Waals surface area contributed by atoms with Crippen LogP contribution < -0.4 is 21.1 Å². The fourth-order valence-electron chi connectivity index (χ4n) is 2.90. The van der Waals surface area contributed by atoms with Crippen LogP contribution >= 0.6 is 11.6 Å². The van der Waals surface area contributed by atoms with Crippen molar-refractivity contribution in [3.63, 3.8) is 0 Å². The zero-order valence-corrected chi connectivity index (χ0v) is 17.6. The van der Waals surface area contributed by atoms with Crippen LogP contribution in [-0.4, -0.2) is 40.9 Å². The maximum Gasteiger partial charge on any atom is 0.272 e. The molecule has 1 heterocycles. The van der Waals surface area contributed by atoms with E-state index in [-0.39, 0.29) is 22.0 Å². The van der Waals surface area contributed by atoms with Gasteiger partial charge in [-0.05, 0) is 49.4 Å². The summed E-state index contributed by atoms with van der Waals surface area (Å²) in [7, 11) is 1.50. The van der Waals surface area contributed by atoms with Crippen LogP contribution in [0.4, 0.5) is 5.69 Å². The highest BCUT2D eigenvalue weighted by Crippen LogP contribution is 2.24. The second kappa shape index (κ2) is 9.31. The molecular weight excluding hydrogens is 422 g/mol. The highest BCUT2D eigenvalue weighted by atomic mass is 35.5. The molecule has 3 rings (SSSR count). The number of primary amides is 1. The van der Waals surface area contributed by atoms with E-state index < -0.39 is 17.7 Å². The Balaban J connectivity index is 1.85. The number of imidazole rings is 1. The summed E-state index contributed by atoms with van der Waals surface area (Å²) in [5.41, 5.74) is 6.68. The summed E-state index contributed by atoms with van der Waals surface area (Å²) in [5, 5.41) is 5.63. The number of nitrogens with one attached hydrogen (secondary N) is 2. The van der Waals surface area contributed by atoms with Gasteiger partial charge in [-0.3, -0.25) is 19.0 Å². The summed E-state index contributed by atoms with van der Waals surface area (Å²) >= 11 is 6.11. The Morgan fingerprint density at radius 3 is 2.45 bits per heavy atom. The predicted molar refractivity (Wildman–Crippen MR) is 116 cm³/mol. The zero-order valence-electron chi connectivity index (χ0n) is 16.8. The average Bonchev–Trinajstić information content (AvgIpc) is 3.20. The van der Waals surface area contributed by atoms with Crippen LogP contribution in [0.25, 0.3) is 5.69 Å². The largest absolute Gasteiger partial charge is 0.497 e. The molecule has 0 unspecified atom stereocenters. The van der Waals surface area contributed by atoms with Crippen molar-refractivity contribution in [3.8, 4) is 11.4 Å². The van der Waals surface area contributed by atoms with Gasteiger partial charge in [0, 0.05) is 17.9 Å². The van der Waals surface area contributed by atoms with E-state index in [1.54, 1.807) is 49.4 Å². The molecule has 160 valence electrons. The monoisotopic (exact) mass is 441 g/mol. The molecule has 0 fully saturated rings. The van der Waals surface area contributed by atoms with Crippen molar-refractivity contribution in [1.29, 1.82) is 0 Å². The van der Waals surface area contributed by atoms with Crippen molar-refractivity contribution in [3.05, 3.63) is 70.8 Å². The van der Waals surface area contributed by atoms with Crippen molar-refractivity contribution in [2.45, 2.75) is 6.92 Å². The molecule has 0 aliphatic heterocycles. The number of amides is 3. The number of rotatable bonds is 7. The van der Waals surface area contributed by atoms with E-state index in [0.717, 1.165) is 0 Å². The average molecular weight is 442 g/mol. The Kier molecular flexibility index (Phi) is 6.56. The second-order valence-corrected chi connectivity index (χ2v) is 6.79. The third-order valence-electron chi connectivity index (χ3n) is 4.37. The summed E-state index contributed by atoms with van der Waals surface area (Å²) in [6, 6.07) is 11.4. The third-order valence-corrected chi connectivity index (χ3v) is 4.70. The first kappa shape index (κ1) is 21.8. The lowest BCUT2D eigenvalue weighted by atomic mass is 10.2. The molecule has 0 saturated heterocycles. The second-order valence-electron chi connectivity index (χ2n) is 6.38. The molecule has 0 bridgehead atoms. The van der Waals surface area contributed by atoms with Gasteiger partial charge in [0.15, 0.2) is 5.69 Å². The molecule has 3 amide bonds. The number of nitrogens with zero attached hydrogens (tertiary/aromatic N) is 2. The number of carbonyl (C=O) groups is 3. The number of hydrogen-bond donors (Lipinski definition) is 3. The van der Waals surface area contributed by atoms with E-state index in [2.05, 4.69) is 15.6 Å². The minimum atomic E-state index is -0.788. The van der Waals surface area contributed by atoms with Gasteiger partial charge in [0.1, 0.15) is 17.8 Å². The number of hydrogen-bond acceptors (Lipinski definition) is 5. The molecule has 0 aliphatic rings. The van der Waals surface area contributed by atoms with Crippen molar-refractivity contribution in [2.24, 2.45) is 5.73 Å². The standard InChI is InChI=1S/C21H20ClN5O4/c1-3-24-21(30)17-18(19(23)28)27(11-25-17)13-6-4-12(5-7-13)26-20(29)15-10-14(31-2)8-9-16(15)22/h4-11H,3H2,1-2H3,(H2,23,28)(H,24,30)(H,26,29). The lowest BCUT2D eigenvalue weighted by molar-refractivity contribution is 0.0931. The van der Waals surface area contributed by atoms with Crippen LogP contribution in [0.2, 0.25) is 5.02 Å². The molecule has 1 aromatic heterocycles. The number of nitrogens with two attached hydrogens (primary N) is 1. The molecule has 3 aromatic rings. The van der Waals surface area contributed by atoms with Gasteiger partial charge in [-0.2, -0.15) is 0 Å². The van der Waals surface area contributed by atoms with E-state index in [1.807, 2.05) is 0 Å². The van der Waals surface area contributed by atoms with Crippen LogP contribution in [0.1, 0.15) is 38.3 Å². The van der Waals surface area contributed by atoms with Gasteiger partial charge in [-0.25, -0.2) is 4.98 Å². The topological polar surface area (TPSA) is 128 Å². The minimum absolute atomic E-state index is 0.0362. The highest BCUT2D eigenvalue weighted by Gasteiger charge is 2.22. The molecule has 0 aliphatic carbocycles. The number of methoxy groups -OCH3 is 1. The molecule has 9 nitrogen and oxygen atoms in total. The maximum absolute atomic E-state index is 12.6. The van der Waals surface area contributed by atoms with Gasteiger partial charge in [0.05, 0.1) is 17.7 Å². The summed E-state index contributed by atoms with van der Waals surface area (Å²) in [4.78, 5) is 40.7. The third kappa shape index (κ3) is 4.67. The smallest absolute Gasteiger partial charge is 0.272 e. The first-order valence-corrected chi connectivity index (χ1v) is 9.64. The molecular formula is C21H20ClN5O4. The lowest BCUT2D eigenvalue weighted by Gasteiger charge is -2.10. The van der Waals surface area contributed by atoms with Crippen LogP contribution in [0, 0.1) is 0 Å². The fraction of sp³-hybridized carbons (Fsp3) is 0.143. The molecule has 0 atom stereocenters. The van der Waals surface area contributed by atoms with E-state index in [4.69, 9.17) is 22.1 Å². The zero-order chi connectivity index (χ0) is 22.5. The van der Waals surface area contributed by atoms with Crippen LogP contribution in [0.3, 0.4) is 0 Å². The Labute approximate surface area is 183 Å². The van der Waals surface area contributed by atoms with Gasteiger partial charge in [-0.15, -0.1) is 0 Å². The quantitative estimate of drug-likeness (QED) is 0.519. The van der Waals surface area contributed by atoms with Crippen molar-refractivity contribution < 1.29 is 19.1 Å². The molecule has 0 spiro atoms. The van der Waals surface area contributed by atoms with Crippen molar-refractivity contribution in [2.75, 3.05) is 19.0 Å². The van der Waals surface area contributed by atoms with Gasteiger partial charge in [0.2, 0.25) is 0 Å². The molecule has 4 N–H and O–H groups in total. The number of benzene rings is 2. The molecule has 10 heteroatoms. The number of ether oxygens (including phenoxy) is 1. The Bertz CT molecular complexity index is 1140. The van der Waals surface area contributed by atoms with Crippen LogP contribution in [0.5, 0.6) is 5.75 Å². The number of halogens is 1. The van der Waals surface area contributed by atoms with E-state index >= 15 is 0 Å². The molecule has 2 aromatic carbocycles. The SMILES string of the molecule is CCNC(=O)c1ncn(-c2ccc(NC(=O)c3cc(OC)ccc3Cl)cc2)c1C(N)=O. The summed E-state index contributed by atoms with van der Waals surface area (Å²) in [6.07, 6.45) is 1.34. The minimum Gasteiger partial charge on any atom is -0.497 e. The van der Waals surface area contributed by atoms with Crippen LogP contribution in [0.15, 0.2) is 48.8 Å². The van der Waals surface area contributed by atoms with Crippen molar-refractivity contribution in [1.82, 2.24) is 14.9 Å². The van der Waals surface area contributed by atoms with Crippen LogP contribution in [-0.2, 0) is 0 Å². The van der Waals surface area contributed by atoms with Gasteiger partial charge >= 0.3 is 0 Å². The number of anilines is 1. The first-order valence-electron chi connectivity index (χ1n) is 9.26. The van der Waals surface area contributed by atoms with E-state index in [1.165, 1.54) is 18.0 Å². The summed E-state index contributed by atoms with van der Waals surface area (Å²) in [5.74, 6) is -1.18. The van der Waals surface area contributed by atoms with E-state index in [9.17, 15) is 14.4 Å². The Morgan fingerprint density at radius 1 is 1.13 bits per heavy atom. The fourth-order valence-corrected chi connectivity index (χ4v) is 3.10. The first-order chi connectivity index (χ1) is 14.8. The van der Waals surface area contributed by atoms with E-state index in [0.29, 0.717) is 23.7 Å². The van der Waals surface area contributed by atoms with Gasteiger partial charge in [0.25, 0.3) is 17.7 Å². The Morgan fingerprint density at radius 2 is 1.84 bits per heavy atom. The highest BCUT2D eigenvalue weighted by molar-refractivity contribution is 6.34. The maximum atomic E-state index is 12.6. The predicted octanol–water partition coefficient (Wildman–Crippen LogP) is 2.64. The normalized spacial score (nSPS) is 10.4. The molecule has 0 radical (unpaired) electrons. The molecule has 31 heavy (non-hydrogen) atoms. The number of aromatic nitrogens is 2.